The standard InChI is InChI=1S/C13H29NO/c1-6-10(3)8-13(7-2)14-12(5)11(4)9-15/h10-15H,6-9H2,1-5H3. The highest BCUT2D eigenvalue weighted by molar-refractivity contribution is 4.75. The first-order chi connectivity index (χ1) is 7.04. The maximum Gasteiger partial charge on any atom is 0.0471 e. The van der Waals surface area contributed by atoms with Crippen molar-refractivity contribution in [2.45, 2.75) is 66.0 Å². The smallest absolute Gasteiger partial charge is 0.0471 e. The molecule has 0 saturated heterocycles. The van der Waals surface area contributed by atoms with Crippen LogP contribution in [-0.2, 0) is 0 Å². The SMILES string of the molecule is CCC(C)CC(CC)NC(C)C(C)CO. The first kappa shape index (κ1) is 14.9. The van der Waals surface area contributed by atoms with Gasteiger partial charge in [0.25, 0.3) is 0 Å². The minimum atomic E-state index is 0.272. The van der Waals surface area contributed by atoms with Crippen LogP contribution >= 0.6 is 0 Å². The van der Waals surface area contributed by atoms with E-state index in [1.807, 2.05) is 0 Å². The quantitative estimate of drug-likeness (QED) is 0.652. The second kappa shape index (κ2) is 8.12. The predicted molar refractivity (Wildman–Crippen MR) is 67.0 cm³/mol. The largest absolute Gasteiger partial charge is 0.396 e. The van der Waals surface area contributed by atoms with E-state index < -0.39 is 0 Å². The van der Waals surface area contributed by atoms with Crippen LogP contribution in [0.5, 0.6) is 0 Å². The van der Waals surface area contributed by atoms with E-state index in [0.29, 0.717) is 18.0 Å². The van der Waals surface area contributed by atoms with Crippen LogP contribution in [0.4, 0.5) is 0 Å². The highest BCUT2D eigenvalue weighted by atomic mass is 16.3. The molecule has 2 N–H and O–H groups in total. The highest BCUT2D eigenvalue weighted by Gasteiger charge is 2.16. The first-order valence-corrected chi connectivity index (χ1v) is 6.41. The summed E-state index contributed by atoms with van der Waals surface area (Å²) in [6.07, 6.45) is 3.67. The fraction of sp³-hybridized carbons (Fsp3) is 1.00. The fourth-order valence-electron chi connectivity index (χ4n) is 1.70. The minimum absolute atomic E-state index is 0.272. The zero-order chi connectivity index (χ0) is 11.8. The summed E-state index contributed by atoms with van der Waals surface area (Å²) in [5.41, 5.74) is 0. The zero-order valence-corrected chi connectivity index (χ0v) is 11.1. The van der Waals surface area contributed by atoms with Gasteiger partial charge in [-0.15, -0.1) is 0 Å². The molecule has 0 radical (unpaired) electrons. The maximum absolute atomic E-state index is 9.08. The van der Waals surface area contributed by atoms with Crippen molar-refractivity contribution in [1.29, 1.82) is 0 Å². The Hall–Kier alpha value is -0.0800. The molecule has 0 aliphatic rings. The van der Waals surface area contributed by atoms with E-state index in [1.165, 1.54) is 19.3 Å². The molecule has 4 atom stereocenters. The number of nitrogens with one attached hydrogen (secondary N) is 1. The van der Waals surface area contributed by atoms with Gasteiger partial charge in [0.2, 0.25) is 0 Å². The Morgan fingerprint density at radius 2 is 1.67 bits per heavy atom. The molecule has 4 unspecified atom stereocenters. The molecule has 0 aromatic carbocycles. The van der Waals surface area contributed by atoms with Gasteiger partial charge in [0.05, 0.1) is 0 Å². The number of rotatable bonds is 8. The Balaban J connectivity index is 3.97. The molecule has 0 fully saturated rings. The Labute approximate surface area is 95.5 Å². The van der Waals surface area contributed by atoms with Crippen molar-refractivity contribution >= 4 is 0 Å². The Morgan fingerprint density at radius 3 is 2.07 bits per heavy atom. The highest BCUT2D eigenvalue weighted by Crippen LogP contribution is 2.14. The van der Waals surface area contributed by atoms with Gasteiger partial charge in [-0.2, -0.15) is 0 Å². The van der Waals surface area contributed by atoms with Gasteiger partial charge >= 0.3 is 0 Å². The van der Waals surface area contributed by atoms with Crippen molar-refractivity contribution in [1.82, 2.24) is 5.32 Å². The van der Waals surface area contributed by atoms with Crippen molar-refractivity contribution in [2.75, 3.05) is 6.61 Å². The summed E-state index contributed by atoms with van der Waals surface area (Å²) in [4.78, 5) is 0. The van der Waals surface area contributed by atoms with Gasteiger partial charge in [-0.3, -0.25) is 0 Å². The molecule has 0 aliphatic heterocycles. The third-order valence-corrected chi connectivity index (χ3v) is 3.52. The number of hydrogen-bond acceptors (Lipinski definition) is 2. The fourth-order valence-corrected chi connectivity index (χ4v) is 1.70. The second-order valence-corrected chi connectivity index (χ2v) is 4.97. The predicted octanol–water partition coefficient (Wildman–Crippen LogP) is 2.81. The molecule has 0 bridgehead atoms. The summed E-state index contributed by atoms with van der Waals surface area (Å²) >= 11 is 0. The van der Waals surface area contributed by atoms with Crippen LogP contribution in [0.3, 0.4) is 0 Å². The Morgan fingerprint density at radius 1 is 1.07 bits per heavy atom. The summed E-state index contributed by atoms with van der Waals surface area (Å²) < 4.78 is 0. The molecule has 92 valence electrons. The Bertz CT molecular complexity index is 149. The molecular weight excluding hydrogens is 186 g/mol. The monoisotopic (exact) mass is 215 g/mol. The van der Waals surface area contributed by atoms with Gasteiger partial charge in [0, 0.05) is 18.7 Å². The number of aliphatic hydroxyl groups excluding tert-OH is 1. The molecule has 0 aromatic rings. The van der Waals surface area contributed by atoms with Crippen molar-refractivity contribution in [3.8, 4) is 0 Å². The van der Waals surface area contributed by atoms with Gasteiger partial charge < -0.3 is 10.4 Å². The van der Waals surface area contributed by atoms with E-state index in [0.717, 1.165) is 5.92 Å². The summed E-state index contributed by atoms with van der Waals surface area (Å²) in [6, 6.07) is 1.01. The molecule has 0 rings (SSSR count). The average molecular weight is 215 g/mol. The van der Waals surface area contributed by atoms with E-state index in [4.69, 9.17) is 5.11 Å². The normalized spacial score (nSPS) is 19.6. The zero-order valence-electron chi connectivity index (χ0n) is 11.1. The van der Waals surface area contributed by atoms with Gasteiger partial charge in [-0.1, -0.05) is 34.1 Å². The minimum Gasteiger partial charge on any atom is -0.396 e. The van der Waals surface area contributed by atoms with E-state index >= 15 is 0 Å². The first-order valence-electron chi connectivity index (χ1n) is 6.41. The van der Waals surface area contributed by atoms with E-state index in [9.17, 15) is 0 Å². The van der Waals surface area contributed by atoms with Crippen LogP contribution in [0, 0.1) is 11.8 Å². The average Bonchev–Trinajstić information content (AvgIpc) is 2.26. The molecule has 0 saturated carbocycles. The van der Waals surface area contributed by atoms with Crippen LogP contribution in [0.25, 0.3) is 0 Å². The van der Waals surface area contributed by atoms with Crippen molar-refractivity contribution < 1.29 is 5.11 Å². The lowest BCUT2D eigenvalue weighted by Crippen LogP contribution is -2.41. The van der Waals surface area contributed by atoms with Crippen molar-refractivity contribution in [2.24, 2.45) is 11.8 Å². The maximum atomic E-state index is 9.08. The van der Waals surface area contributed by atoms with Crippen LogP contribution < -0.4 is 5.32 Å². The van der Waals surface area contributed by atoms with E-state index in [-0.39, 0.29) is 6.61 Å². The molecule has 0 aromatic heterocycles. The molecule has 0 heterocycles. The molecule has 2 heteroatoms. The summed E-state index contributed by atoms with van der Waals surface area (Å²) in [5, 5.41) is 12.7. The summed E-state index contributed by atoms with van der Waals surface area (Å²) in [6.45, 7) is 11.3. The molecule has 0 aliphatic carbocycles. The lowest BCUT2D eigenvalue weighted by atomic mass is 9.95. The molecule has 0 spiro atoms. The summed E-state index contributed by atoms with van der Waals surface area (Å²) in [7, 11) is 0. The Kier molecular flexibility index (Phi) is 8.07. The van der Waals surface area contributed by atoms with E-state index in [1.54, 1.807) is 0 Å². The van der Waals surface area contributed by atoms with Gasteiger partial charge in [-0.25, -0.2) is 0 Å². The molecule has 2 nitrogen and oxygen atoms in total. The van der Waals surface area contributed by atoms with Crippen molar-refractivity contribution in [3.63, 3.8) is 0 Å². The van der Waals surface area contributed by atoms with Gasteiger partial charge in [0.1, 0.15) is 0 Å². The van der Waals surface area contributed by atoms with E-state index in [2.05, 4.69) is 39.9 Å². The number of hydrogen-bond donors (Lipinski definition) is 2. The third-order valence-electron chi connectivity index (χ3n) is 3.52. The molecular formula is C13H29NO. The van der Waals surface area contributed by atoms with Gasteiger partial charge in [-0.05, 0) is 31.6 Å². The third kappa shape index (κ3) is 6.16. The second-order valence-electron chi connectivity index (χ2n) is 4.97. The topological polar surface area (TPSA) is 32.3 Å². The van der Waals surface area contributed by atoms with Crippen LogP contribution in [0.1, 0.15) is 53.9 Å². The summed E-state index contributed by atoms with van der Waals surface area (Å²) in [5.74, 6) is 1.13. The lowest BCUT2D eigenvalue weighted by Gasteiger charge is -2.27. The van der Waals surface area contributed by atoms with Crippen LogP contribution in [-0.4, -0.2) is 23.8 Å². The van der Waals surface area contributed by atoms with Crippen LogP contribution in [0.15, 0.2) is 0 Å². The lowest BCUT2D eigenvalue weighted by molar-refractivity contribution is 0.196. The van der Waals surface area contributed by atoms with Gasteiger partial charge in [0.15, 0.2) is 0 Å². The number of aliphatic hydroxyl groups is 1. The van der Waals surface area contributed by atoms with Crippen LogP contribution in [0.2, 0.25) is 0 Å². The molecule has 0 amide bonds. The van der Waals surface area contributed by atoms with Crippen molar-refractivity contribution in [3.05, 3.63) is 0 Å². The molecule has 15 heavy (non-hydrogen) atoms.